The van der Waals surface area contributed by atoms with Gasteiger partial charge in [0.2, 0.25) is 0 Å². The highest BCUT2D eigenvalue weighted by molar-refractivity contribution is 7.85. The third-order valence-electron chi connectivity index (χ3n) is 2.65. The molecule has 0 spiro atoms. The van der Waals surface area contributed by atoms with E-state index in [0.717, 1.165) is 32.4 Å². The van der Waals surface area contributed by atoms with Gasteiger partial charge in [-0.25, -0.2) is 17.9 Å². The zero-order valence-electron chi connectivity index (χ0n) is 11.4. The Kier molecular flexibility index (Phi) is 8.10. The molecule has 0 saturated carbocycles. The molecule has 1 heterocycles. The Bertz CT molecular complexity index is 368. The van der Waals surface area contributed by atoms with E-state index >= 15 is 0 Å². The molecule has 0 bridgehead atoms. The molecular formula is C11H23FN2O3S. The number of amidine groups is 1. The minimum atomic E-state index is -3.95. The van der Waals surface area contributed by atoms with Gasteiger partial charge in [-0.1, -0.05) is 26.2 Å². The van der Waals surface area contributed by atoms with Crippen molar-refractivity contribution in [3.05, 3.63) is 0 Å². The van der Waals surface area contributed by atoms with E-state index in [-0.39, 0.29) is 11.8 Å². The molecule has 108 valence electrons. The van der Waals surface area contributed by atoms with Gasteiger partial charge in [-0.15, -0.1) is 4.39 Å². The Morgan fingerprint density at radius 2 is 2.00 bits per heavy atom. The summed E-state index contributed by atoms with van der Waals surface area (Å²) in [6.07, 6.45) is 3.30. The second kappa shape index (κ2) is 8.42. The normalized spacial score (nSPS) is 15.7. The predicted molar refractivity (Wildman–Crippen MR) is 68.5 cm³/mol. The highest BCUT2D eigenvalue weighted by atomic mass is 32.2. The molecule has 0 N–H and O–H groups in total. The Labute approximate surface area is 109 Å². The molecule has 0 amide bonds. The monoisotopic (exact) mass is 282 g/mol. The molecule has 18 heavy (non-hydrogen) atoms. The third kappa shape index (κ3) is 8.41. The minimum absolute atomic E-state index is 0.120. The van der Waals surface area contributed by atoms with Crippen LogP contribution < -0.4 is 0 Å². The Morgan fingerprint density at radius 1 is 1.39 bits per heavy atom. The lowest BCUT2D eigenvalue weighted by Crippen LogP contribution is -2.19. The van der Waals surface area contributed by atoms with Crippen LogP contribution in [-0.2, 0) is 10.1 Å². The molecular weight excluding hydrogens is 259 g/mol. The minimum Gasteiger partial charge on any atom is -0.748 e. The van der Waals surface area contributed by atoms with E-state index in [4.69, 9.17) is 0 Å². The molecule has 0 aromatic rings. The quantitative estimate of drug-likeness (QED) is 0.327. The standard InChI is InChI=1S/C6H14O3S.C5H10FN2/c1-2-3-4-5-6-10(7,8)9;1-7-3-4-8(2)5(7)6/h2-6H2,1H3,(H,7,8,9);3-4H2,1-2H3/q;+1/p-1. The van der Waals surface area contributed by atoms with Crippen LogP contribution in [0.2, 0.25) is 0 Å². The average molecular weight is 282 g/mol. The lowest BCUT2D eigenvalue weighted by Gasteiger charge is -2.04. The summed E-state index contributed by atoms with van der Waals surface area (Å²) in [6, 6.07) is 0. The molecule has 0 radical (unpaired) electrons. The zero-order valence-corrected chi connectivity index (χ0v) is 12.2. The smallest absolute Gasteiger partial charge is 0.435 e. The van der Waals surface area contributed by atoms with Crippen LogP contribution in [-0.4, -0.2) is 61.5 Å². The van der Waals surface area contributed by atoms with Crippen molar-refractivity contribution < 1.29 is 21.9 Å². The molecule has 1 aliphatic heterocycles. The average Bonchev–Trinajstić information content (AvgIpc) is 2.56. The van der Waals surface area contributed by atoms with Crippen molar-refractivity contribution in [2.75, 3.05) is 32.9 Å². The van der Waals surface area contributed by atoms with Crippen LogP contribution in [0.15, 0.2) is 0 Å². The van der Waals surface area contributed by atoms with Crippen molar-refractivity contribution in [3.63, 3.8) is 0 Å². The first-order valence-electron chi connectivity index (χ1n) is 6.16. The molecule has 0 fully saturated rings. The SMILES string of the molecule is CCCCCCS(=O)(=O)[O-].CN1CC[N+](C)=C1F. The van der Waals surface area contributed by atoms with Crippen LogP contribution >= 0.6 is 0 Å². The molecule has 0 atom stereocenters. The zero-order chi connectivity index (χ0) is 14.2. The maximum atomic E-state index is 12.5. The topological polar surface area (TPSA) is 63.5 Å². The van der Waals surface area contributed by atoms with Gasteiger partial charge in [0.1, 0.15) is 13.1 Å². The summed E-state index contributed by atoms with van der Waals surface area (Å²) in [4.78, 5) is 1.60. The molecule has 1 aliphatic rings. The van der Waals surface area contributed by atoms with Crippen LogP contribution in [0.5, 0.6) is 0 Å². The predicted octanol–water partition coefficient (Wildman–Crippen LogP) is 1.01. The summed E-state index contributed by atoms with van der Waals surface area (Å²) in [7, 11) is -0.457. The first-order chi connectivity index (χ1) is 8.28. The maximum Gasteiger partial charge on any atom is 0.435 e. The number of nitrogens with zero attached hydrogens (tertiary/aromatic N) is 2. The summed E-state index contributed by atoms with van der Waals surface area (Å²) in [5, 5.41) is 0. The molecule has 1 rings (SSSR count). The largest absolute Gasteiger partial charge is 0.748 e. The fourth-order valence-electron chi connectivity index (χ4n) is 1.48. The van der Waals surface area contributed by atoms with Crippen molar-refractivity contribution in [1.29, 1.82) is 0 Å². The van der Waals surface area contributed by atoms with Gasteiger partial charge in [0.15, 0.2) is 0 Å². The number of hydrogen-bond acceptors (Lipinski definition) is 4. The van der Waals surface area contributed by atoms with E-state index in [0.29, 0.717) is 6.42 Å². The molecule has 0 aromatic carbocycles. The molecule has 0 aliphatic carbocycles. The highest BCUT2D eigenvalue weighted by Gasteiger charge is 2.23. The summed E-state index contributed by atoms with van der Waals surface area (Å²) in [6.45, 7) is 3.65. The molecule has 0 unspecified atom stereocenters. The van der Waals surface area contributed by atoms with Gasteiger partial charge in [-0.2, -0.15) is 0 Å². The number of likely N-dealkylation sites (N-methyl/N-ethyl adjacent to an activating group) is 2. The summed E-state index contributed by atoms with van der Waals surface area (Å²) < 4.78 is 44.2. The lowest BCUT2D eigenvalue weighted by molar-refractivity contribution is -0.491. The second-order valence-electron chi connectivity index (χ2n) is 4.43. The van der Waals surface area contributed by atoms with Gasteiger partial charge in [0.25, 0.3) is 0 Å². The molecule has 0 aromatic heterocycles. The van der Waals surface area contributed by atoms with E-state index < -0.39 is 10.1 Å². The third-order valence-corrected chi connectivity index (χ3v) is 3.44. The van der Waals surface area contributed by atoms with E-state index in [1.54, 1.807) is 23.6 Å². The van der Waals surface area contributed by atoms with Gasteiger partial charge in [-0.3, -0.25) is 0 Å². The first-order valence-corrected chi connectivity index (χ1v) is 7.74. The van der Waals surface area contributed by atoms with Crippen molar-refractivity contribution in [3.8, 4) is 0 Å². The van der Waals surface area contributed by atoms with Crippen molar-refractivity contribution in [2.45, 2.75) is 32.6 Å². The van der Waals surface area contributed by atoms with E-state index in [9.17, 15) is 17.4 Å². The van der Waals surface area contributed by atoms with Gasteiger partial charge in [0.05, 0.1) is 24.2 Å². The molecule has 7 heteroatoms. The van der Waals surface area contributed by atoms with Crippen LogP contribution in [0.25, 0.3) is 0 Å². The highest BCUT2D eigenvalue weighted by Crippen LogP contribution is 2.00. The summed E-state index contributed by atoms with van der Waals surface area (Å²) in [5.74, 6) is -0.201. The van der Waals surface area contributed by atoms with Gasteiger partial charge in [0, 0.05) is 5.75 Å². The number of rotatable bonds is 5. The number of halogens is 1. The fourth-order valence-corrected chi connectivity index (χ4v) is 2.04. The lowest BCUT2D eigenvalue weighted by atomic mass is 10.2. The van der Waals surface area contributed by atoms with Crippen LogP contribution in [0.3, 0.4) is 0 Å². The van der Waals surface area contributed by atoms with Crippen LogP contribution in [0.1, 0.15) is 32.6 Å². The molecule has 5 nitrogen and oxygen atoms in total. The van der Waals surface area contributed by atoms with Crippen molar-refractivity contribution in [1.82, 2.24) is 4.90 Å². The van der Waals surface area contributed by atoms with Crippen LogP contribution in [0, 0.1) is 0 Å². The van der Waals surface area contributed by atoms with Gasteiger partial charge in [-0.05, 0) is 6.42 Å². The van der Waals surface area contributed by atoms with E-state index in [2.05, 4.69) is 0 Å². The maximum absolute atomic E-state index is 12.5. The Hall–Kier alpha value is -0.690. The van der Waals surface area contributed by atoms with Gasteiger partial charge < -0.3 is 4.55 Å². The van der Waals surface area contributed by atoms with Crippen molar-refractivity contribution in [2.24, 2.45) is 0 Å². The first kappa shape index (κ1) is 17.3. The molecule has 0 saturated heterocycles. The van der Waals surface area contributed by atoms with Crippen molar-refractivity contribution >= 4 is 16.2 Å². The van der Waals surface area contributed by atoms with Crippen LogP contribution in [0.4, 0.5) is 4.39 Å². The second-order valence-corrected chi connectivity index (χ2v) is 5.96. The van der Waals surface area contributed by atoms with E-state index in [1.807, 2.05) is 6.92 Å². The Morgan fingerprint density at radius 3 is 2.28 bits per heavy atom. The number of hydrogen-bond donors (Lipinski definition) is 0. The van der Waals surface area contributed by atoms with E-state index in [1.165, 1.54) is 0 Å². The fraction of sp³-hybridized carbons (Fsp3) is 0.909. The Balaban J connectivity index is 0.000000327. The number of unbranched alkanes of at least 4 members (excludes halogenated alkanes) is 3. The summed E-state index contributed by atoms with van der Waals surface area (Å²) >= 11 is 0. The summed E-state index contributed by atoms with van der Waals surface area (Å²) in [5.41, 5.74) is 0. The van der Waals surface area contributed by atoms with Gasteiger partial charge >= 0.3 is 6.09 Å².